The van der Waals surface area contributed by atoms with Crippen LogP contribution in [0.2, 0.25) is 5.02 Å². The second-order valence-corrected chi connectivity index (χ2v) is 4.77. The molecule has 0 atom stereocenters. The van der Waals surface area contributed by atoms with Crippen LogP contribution >= 0.6 is 22.9 Å². The highest BCUT2D eigenvalue weighted by Crippen LogP contribution is 2.31. The molecule has 84 valence electrons. The molecule has 0 aliphatic rings. The second-order valence-electron chi connectivity index (χ2n) is 3.28. The van der Waals surface area contributed by atoms with E-state index < -0.39 is 0 Å². The van der Waals surface area contributed by atoms with Gasteiger partial charge in [-0.1, -0.05) is 18.5 Å². The highest BCUT2D eigenvalue weighted by atomic mass is 35.5. The van der Waals surface area contributed by atoms with Gasteiger partial charge in [-0.05, 0) is 18.6 Å². The Morgan fingerprint density at radius 3 is 2.88 bits per heavy atom. The first-order valence-corrected chi connectivity index (χ1v) is 6.25. The number of nitrogens with two attached hydrogens (primary N) is 1. The summed E-state index contributed by atoms with van der Waals surface area (Å²) in [7, 11) is 0. The van der Waals surface area contributed by atoms with Crippen molar-refractivity contribution in [1.29, 1.82) is 0 Å². The van der Waals surface area contributed by atoms with Crippen molar-refractivity contribution in [2.75, 3.05) is 0 Å². The molecule has 5 heteroatoms. The molecule has 0 aromatic carbocycles. The summed E-state index contributed by atoms with van der Waals surface area (Å²) in [5.74, 6) is 0. The van der Waals surface area contributed by atoms with E-state index >= 15 is 0 Å². The third-order valence-electron chi connectivity index (χ3n) is 2.26. The molecule has 0 aliphatic heterocycles. The minimum Gasteiger partial charge on any atom is -0.326 e. The van der Waals surface area contributed by atoms with Crippen molar-refractivity contribution in [3.8, 4) is 10.7 Å². The van der Waals surface area contributed by atoms with E-state index in [4.69, 9.17) is 17.3 Å². The molecule has 0 amide bonds. The van der Waals surface area contributed by atoms with Crippen LogP contribution in [-0.4, -0.2) is 9.97 Å². The maximum absolute atomic E-state index is 6.08. The normalized spacial score (nSPS) is 10.7. The summed E-state index contributed by atoms with van der Waals surface area (Å²) in [5.41, 5.74) is 7.46. The van der Waals surface area contributed by atoms with Gasteiger partial charge in [0.05, 0.1) is 10.7 Å². The zero-order valence-corrected chi connectivity index (χ0v) is 10.5. The molecular weight excluding hydrogens is 242 g/mol. The zero-order chi connectivity index (χ0) is 11.5. The minimum absolute atomic E-state index is 0.519. The second kappa shape index (κ2) is 4.91. The van der Waals surface area contributed by atoms with Gasteiger partial charge in [-0.25, -0.2) is 4.98 Å². The lowest BCUT2D eigenvalue weighted by molar-refractivity contribution is 0.988. The number of pyridine rings is 1. The molecule has 2 heterocycles. The standard InChI is InChI=1S/C11H12ClN3S/c1-2-8-9(6-13)16-11(15-8)10-7(12)4-3-5-14-10/h3-5H,2,6,13H2,1H3. The highest BCUT2D eigenvalue weighted by molar-refractivity contribution is 7.15. The van der Waals surface area contributed by atoms with Crippen LogP contribution in [0.4, 0.5) is 0 Å². The highest BCUT2D eigenvalue weighted by Gasteiger charge is 2.13. The summed E-state index contributed by atoms with van der Waals surface area (Å²) in [4.78, 5) is 9.88. The van der Waals surface area contributed by atoms with Crippen molar-refractivity contribution in [3.63, 3.8) is 0 Å². The lowest BCUT2D eigenvalue weighted by atomic mass is 10.3. The van der Waals surface area contributed by atoms with Crippen LogP contribution < -0.4 is 5.73 Å². The van der Waals surface area contributed by atoms with Gasteiger partial charge in [-0.3, -0.25) is 4.98 Å². The molecule has 0 spiro atoms. The topological polar surface area (TPSA) is 51.8 Å². The molecule has 0 bridgehead atoms. The average molecular weight is 254 g/mol. The van der Waals surface area contributed by atoms with Crippen LogP contribution in [-0.2, 0) is 13.0 Å². The summed E-state index contributed by atoms with van der Waals surface area (Å²) in [6, 6.07) is 3.63. The summed E-state index contributed by atoms with van der Waals surface area (Å²) < 4.78 is 0. The number of nitrogens with zero attached hydrogens (tertiary/aromatic N) is 2. The third-order valence-corrected chi connectivity index (χ3v) is 3.69. The van der Waals surface area contributed by atoms with Crippen LogP contribution in [0.1, 0.15) is 17.5 Å². The number of rotatable bonds is 3. The molecule has 0 aliphatic carbocycles. The molecule has 2 N–H and O–H groups in total. The van der Waals surface area contributed by atoms with E-state index in [-0.39, 0.29) is 0 Å². The van der Waals surface area contributed by atoms with Gasteiger partial charge < -0.3 is 5.73 Å². The van der Waals surface area contributed by atoms with E-state index in [1.54, 1.807) is 17.5 Å². The van der Waals surface area contributed by atoms with Gasteiger partial charge in [0.25, 0.3) is 0 Å². The fourth-order valence-electron chi connectivity index (χ4n) is 1.46. The van der Waals surface area contributed by atoms with Crippen molar-refractivity contribution < 1.29 is 0 Å². The maximum Gasteiger partial charge on any atom is 0.143 e. The fraction of sp³-hybridized carbons (Fsp3) is 0.273. The van der Waals surface area contributed by atoms with Crippen molar-refractivity contribution >= 4 is 22.9 Å². The molecule has 0 unspecified atom stereocenters. The van der Waals surface area contributed by atoms with Crippen molar-refractivity contribution in [2.45, 2.75) is 19.9 Å². The largest absolute Gasteiger partial charge is 0.326 e. The quantitative estimate of drug-likeness (QED) is 0.915. The van der Waals surface area contributed by atoms with E-state index in [2.05, 4.69) is 16.9 Å². The number of halogens is 1. The first-order valence-electron chi connectivity index (χ1n) is 5.05. The average Bonchev–Trinajstić information content (AvgIpc) is 2.72. The van der Waals surface area contributed by atoms with Gasteiger partial charge in [0.1, 0.15) is 10.7 Å². The Morgan fingerprint density at radius 1 is 1.50 bits per heavy atom. The summed E-state index contributed by atoms with van der Waals surface area (Å²) in [5, 5.41) is 1.48. The maximum atomic E-state index is 6.08. The molecule has 3 nitrogen and oxygen atoms in total. The monoisotopic (exact) mass is 253 g/mol. The van der Waals surface area contributed by atoms with Gasteiger partial charge >= 0.3 is 0 Å². The Hall–Kier alpha value is -0.970. The Bertz CT molecular complexity index is 474. The number of aryl methyl sites for hydroxylation is 1. The molecule has 0 saturated carbocycles. The number of aromatic nitrogens is 2. The van der Waals surface area contributed by atoms with Crippen LogP contribution in [0.25, 0.3) is 10.7 Å². The van der Waals surface area contributed by atoms with Crippen molar-refractivity contribution in [2.24, 2.45) is 5.73 Å². The van der Waals surface area contributed by atoms with Crippen LogP contribution in [0, 0.1) is 0 Å². The molecular formula is C11H12ClN3S. The van der Waals surface area contributed by atoms with Crippen LogP contribution in [0.5, 0.6) is 0 Å². The van der Waals surface area contributed by atoms with E-state index in [9.17, 15) is 0 Å². The van der Waals surface area contributed by atoms with Crippen LogP contribution in [0.3, 0.4) is 0 Å². The van der Waals surface area contributed by atoms with E-state index in [1.807, 2.05) is 12.1 Å². The minimum atomic E-state index is 0.519. The third kappa shape index (κ3) is 2.09. The van der Waals surface area contributed by atoms with Crippen molar-refractivity contribution in [1.82, 2.24) is 9.97 Å². The first-order chi connectivity index (χ1) is 7.76. The summed E-state index contributed by atoms with van der Waals surface area (Å²) in [6.07, 6.45) is 2.60. The summed E-state index contributed by atoms with van der Waals surface area (Å²) >= 11 is 7.65. The molecule has 2 aromatic rings. The predicted octanol–water partition coefficient (Wildman–Crippen LogP) is 2.88. The van der Waals surface area contributed by atoms with E-state index in [1.165, 1.54) is 0 Å². The lowest BCUT2D eigenvalue weighted by Gasteiger charge is -1.96. The van der Waals surface area contributed by atoms with Gasteiger partial charge in [-0.2, -0.15) is 0 Å². The van der Waals surface area contributed by atoms with Gasteiger partial charge in [0.15, 0.2) is 0 Å². The smallest absolute Gasteiger partial charge is 0.143 e. The molecule has 0 saturated heterocycles. The zero-order valence-electron chi connectivity index (χ0n) is 8.90. The van der Waals surface area contributed by atoms with E-state index in [0.717, 1.165) is 27.7 Å². The molecule has 16 heavy (non-hydrogen) atoms. The van der Waals surface area contributed by atoms with E-state index in [0.29, 0.717) is 11.6 Å². The Labute approximate surface area is 103 Å². The Morgan fingerprint density at radius 2 is 2.31 bits per heavy atom. The van der Waals surface area contributed by atoms with Gasteiger partial charge in [0, 0.05) is 17.6 Å². The number of hydrogen-bond donors (Lipinski definition) is 1. The van der Waals surface area contributed by atoms with Crippen molar-refractivity contribution in [3.05, 3.63) is 33.9 Å². The lowest BCUT2D eigenvalue weighted by Crippen LogP contribution is -1.96. The molecule has 0 radical (unpaired) electrons. The molecule has 0 fully saturated rings. The first kappa shape index (κ1) is 11.5. The molecule has 2 rings (SSSR count). The Balaban J connectivity index is 2.49. The number of hydrogen-bond acceptors (Lipinski definition) is 4. The van der Waals surface area contributed by atoms with Gasteiger partial charge in [0.2, 0.25) is 0 Å². The Kier molecular flexibility index (Phi) is 3.53. The summed E-state index contributed by atoms with van der Waals surface area (Å²) in [6.45, 7) is 2.59. The SMILES string of the molecule is CCc1nc(-c2ncccc2Cl)sc1CN. The molecule has 2 aromatic heterocycles. The number of thiazole rings is 1. The fourth-order valence-corrected chi connectivity index (χ4v) is 2.77. The van der Waals surface area contributed by atoms with Gasteiger partial charge in [-0.15, -0.1) is 11.3 Å². The van der Waals surface area contributed by atoms with Crippen LogP contribution in [0.15, 0.2) is 18.3 Å². The predicted molar refractivity (Wildman–Crippen MR) is 67.6 cm³/mol.